The number of nitro groups is 1. The molecule has 0 saturated carbocycles. The van der Waals surface area contributed by atoms with Gasteiger partial charge in [0.15, 0.2) is 0 Å². The number of carbonyl (C=O) groups excluding carboxylic acids is 1. The van der Waals surface area contributed by atoms with Gasteiger partial charge >= 0.3 is 5.76 Å². The Morgan fingerprint density at radius 2 is 2.18 bits per heavy atom. The largest absolute Gasteiger partial charge is 0.437 e. The molecular weight excluding hydrogens is 384 g/mol. The number of benzene rings is 1. The van der Waals surface area contributed by atoms with Crippen LogP contribution >= 0.6 is 11.3 Å². The molecule has 2 aromatic heterocycles. The fraction of sp³-hybridized carbons (Fsp3) is 0.278. The molecule has 0 aliphatic carbocycles. The fourth-order valence-electron chi connectivity index (χ4n) is 2.66. The maximum absolute atomic E-state index is 12.5. The van der Waals surface area contributed by atoms with Crippen LogP contribution in [-0.2, 0) is 11.3 Å². The third kappa shape index (κ3) is 4.17. The van der Waals surface area contributed by atoms with Crippen LogP contribution in [0.3, 0.4) is 0 Å². The maximum atomic E-state index is 12.5. The van der Waals surface area contributed by atoms with Gasteiger partial charge in [0.1, 0.15) is 0 Å². The van der Waals surface area contributed by atoms with Gasteiger partial charge in [0.05, 0.1) is 22.4 Å². The van der Waals surface area contributed by atoms with E-state index >= 15 is 0 Å². The Bertz CT molecular complexity index is 1040. The smallest absolute Gasteiger partial charge is 0.387 e. The Kier molecular flexibility index (Phi) is 5.69. The van der Waals surface area contributed by atoms with Crippen molar-refractivity contribution < 1.29 is 14.1 Å². The zero-order valence-electron chi connectivity index (χ0n) is 15.3. The monoisotopic (exact) mass is 402 g/mol. The predicted molar refractivity (Wildman–Crippen MR) is 103 cm³/mol. The number of hydrogen-bond donors (Lipinski definition) is 0. The van der Waals surface area contributed by atoms with Crippen LogP contribution in [0.4, 0.5) is 5.69 Å². The molecule has 0 fully saturated rings. The maximum Gasteiger partial charge on any atom is 0.437 e. The van der Waals surface area contributed by atoms with E-state index < -0.39 is 10.7 Å². The summed E-state index contributed by atoms with van der Waals surface area (Å²) in [5, 5.41) is 16.9. The second-order valence-corrected chi connectivity index (χ2v) is 7.10. The first-order valence-corrected chi connectivity index (χ1v) is 9.36. The number of amides is 1. The summed E-state index contributed by atoms with van der Waals surface area (Å²) in [6.45, 7) is 1.87. The Balaban J connectivity index is 1.65. The van der Waals surface area contributed by atoms with Gasteiger partial charge in [-0.05, 0) is 23.9 Å². The van der Waals surface area contributed by atoms with Crippen LogP contribution in [0.2, 0.25) is 0 Å². The fourth-order valence-corrected chi connectivity index (χ4v) is 3.31. The lowest BCUT2D eigenvalue weighted by atomic mass is 10.1. The topological polar surface area (TPSA) is 111 Å². The standard InChI is InChI=1S/C18H18N4O5S/c1-12(13-5-3-6-14(11-13)22(25)26)20(2)16(23)8-9-21-18(24)27-17(19-21)15-7-4-10-28-15/h3-7,10-12H,8-9H2,1-2H3/t12-/m1/s1. The summed E-state index contributed by atoms with van der Waals surface area (Å²) < 4.78 is 6.25. The summed E-state index contributed by atoms with van der Waals surface area (Å²) in [7, 11) is 1.62. The third-order valence-corrected chi connectivity index (χ3v) is 5.27. The molecule has 0 aliphatic heterocycles. The Morgan fingerprint density at radius 1 is 1.39 bits per heavy atom. The second kappa shape index (κ2) is 8.17. The molecule has 0 bridgehead atoms. The zero-order valence-corrected chi connectivity index (χ0v) is 16.1. The number of rotatable bonds is 7. The number of nitrogens with zero attached hydrogens (tertiary/aromatic N) is 4. The number of non-ortho nitro benzene ring substituents is 1. The highest BCUT2D eigenvalue weighted by molar-refractivity contribution is 7.13. The minimum atomic E-state index is -0.620. The lowest BCUT2D eigenvalue weighted by Gasteiger charge is -2.25. The molecule has 3 aromatic rings. The molecule has 10 heteroatoms. The lowest BCUT2D eigenvalue weighted by molar-refractivity contribution is -0.384. The molecule has 0 aliphatic rings. The van der Waals surface area contributed by atoms with Crippen LogP contribution in [0.5, 0.6) is 0 Å². The molecule has 1 atom stereocenters. The quantitative estimate of drug-likeness (QED) is 0.443. The summed E-state index contributed by atoms with van der Waals surface area (Å²) in [5.74, 6) is -0.608. The van der Waals surface area contributed by atoms with Gasteiger partial charge < -0.3 is 9.32 Å². The van der Waals surface area contributed by atoms with E-state index in [2.05, 4.69) is 5.10 Å². The van der Waals surface area contributed by atoms with E-state index in [-0.39, 0.29) is 36.5 Å². The van der Waals surface area contributed by atoms with E-state index in [1.165, 1.54) is 28.4 Å². The van der Waals surface area contributed by atoms with E-state index in [0.29, 0.717) is 5.56 Å². The number of carbonyl (C=O) groups is 1. The summed E-state index contributed by atoms with van der Waals surface area (Å²) in [6.07, 6.45) is 0.0477. The van der Waals surface area contributed by atoms with Crippen LogP contribution in [0, 0.1) is 10.1 Å². The van der Waals surface area contributed by atoms with E-state index in [1.54, 1.807) is 32.2 Å². The minimum Gasteiger partial charge on any atom is -0.387 e. The van der Waals surface area contributed by atoms with Gasteiger partial charge in [0.25, 0.3) is 11.6 Å². The summed E-state index contributed by atoms with van der Waals surface area (Å²) in [4.78, 5) is 37.1. The molecule has 1 amide bonds. The highest BCUT2D eigenvalue weighted by atomic mass is 32.1. The van der Waals surface area contributed by atoms with Crippen LogP contribution in [0.1, 0.15) is 24.9 Å². The van der Waals surface area contributed by atoms with Crippen molar-refractivity contribution in [3.05, 3.63) is 68.0 Å². The zero-order chi connectivity index (χ0) is 20.3. The van der Waals surface area contributed by atoms with Crippen LogP contribution in [0.15, 0.2) is 51.0 Å². The Hall–Kier alpha value is -3.27. The molecular formula is C18H18N4O5S. The summed E-state index contributed by atoms with van der Waals surface area (Å²) >= 11 is 1.40. The van der Waals surface area contributed by atoms with E-state index in [4.69, 9.17) is 4.42 Å². The average Bonchev–Trinajstić information content (AvgIpc) is 3.34. The highest BCUT2D eigenvalue weighted by Crippen LogP contribution is 2.24. The number of hydrogen-bond acceptors (Lipinski definition) is 7. The molecule has 9 nitrogen and oxygen atoms in total. The first-order chi connectivity index (χ1) is 13.4. The van der Waals surface area contributed by atoms with E-state index in [0.717, 1.165) is 9.56 Å². The molecule has 0 saturated heterocycles. The first-order valence-electron chi connectivity index (χ1n) is 8.48. The molecule has 2 heterocycles. The second-order valence-electron chi connectivity index (χ2n) is 6.16. The molecule has 0 unspecified atom stereocenters. The van der Waals surface area contributed by atoms with Crippen LogP contribution < -0.4 is 5.76 Å². The number of thiophene rings is 1. The van der Waals surface area contributed by atoms with Crippen molar-refractivity contribution in [1.29, 1.82) is 0 Å². The lowest BCUT2D eigenvalue weighted by Crippen LogP contribution is -2.31. The van der Waals surface area contributed by atoms with Gasteiger partial charge in [-0.25, -0.2) is 4.79 Å². The Morgan fingerprint density at radius 3 is 2.86 bits per heavy atom. The van der Waals surface area contributed by atoms with Crippen LogP contribution in [0.25, 0.3) is 10.8 Å². The van der Waals surface area contributed by atoms with Crippen molar-refractivity contribution in [2.75, 3.05) is 7.05 Å². The van der Waals surface area contributed by atoms with E-state index in [9.17, 15) is 19.7 Å². The first kappa shape index (κ1) is 19.5. The SMILES string of the molecule is C[C@H](c1cccc([N+](=O)[O-])c1)N(C)C(=O)CCn1nc(-c2cccs2)oc1=O. The molecule has 146 valence electrons. The normalized spacial score (nSPS) is 11.9. The number of aryl methyl sites for hydroxylation is 1. The van der Waals surface area contributed by atoms with Crippen molar-refractivity contribution >= 4 is 22.9 Å². The number of aromatic nitrogens is 2. The molecule has 3 rings (SSSR count). The number of nitro benzene ring substituents is 1. The van der Waals surface area contributed by atoms with Gasteiger partial charge in [-0.3, -0.25) is 14.9 Å². The molecule has 0 spiro atoms. The van der Waals surface area contributed by atoms with Crippen molar-refractivity contribution in [2.45, 2.75) is 25.9 Å². The van der Waals surface area contributed by atoms with Crippen molar-refractivity contribution in [3.63, 3.8) is 0 Å². The molecule has 0 N–H and O–H groups in total. The highest BCUT2D eigenvalue weighted by Gasteiger charge is 2.20. The van der Waals surface area contributed by atoms with Crippen molar-refractivity contribution in [1.82, 2.24) is 14.7 Å². The summed E-state index contributed by atoms with van der Waals surface area (Å²) in [5.41, 5.74) is 0.629. The molecule has 28 heavy (non-hydrogen) atoms. The average molecular weight is 402 g/mol. The summed E-state index contributed by atoms with van der Waals surface area (Å²) in [6, 6.07) is 9.43. The van der Waals surface area contributed by atoms with Gasteiger partial charge in [-0.2, -0.15) is 4.68 Å². The van der Waals surface area contributed by atoms with Gasteiger partial charge in [0.2, 0.25) is 5.91 Å². The Labute approximate surface area is 164 Å². The van der Waals surface area contributed by atoms with Gasteiger partial charge in [-0.1, -0.05) is 18.2 Å². The van der Waals surface area contributed by atoms with Crippen molar-refractivity contribution in [3.8, 4) is 10.8 Å². The van der Waals surface area contributed by atoms with Gasteiger partial charge in [0, 0.05) is 25.6 Å². The van der Waals surface area contributed by atoms with Crippen LogP contribution in [-0.4, -0.2) is 32.6 Å². The van der Waals surface area contributed by atoms with Crippen molar-refractivity contribution in [2.24, 2.45) is 0 Å². The third-order valence-electron chi connectivity index (χ3n) is 4.41. The minimum absolute atomic E-state index is 0.0274. The van der Waals surface area contributed by atoms with Gasteiger partial charge in [-0.15, -0.1) is 16.4 Å². The molecule has 1 aromatic carbocycles. The molecule has 0 radical (unpaired) electrons. The van der Waals surface area contributed by atoms with E-state index in [1.807, 2.05) is 11.4 Å². The predicted octanol–water partition coefficient (Wildman–Crippen LogP) is 3.08.